The Balaban J connectivity index is 1.01. The van der Waals surface area contributed by atoms with E-state index in [0.717, 1.165) is 72.4 Å². The molecule has 0 bridgehead atoms. The molecule has 0 amide bonds. The van der Waals surface area contributed by atoms with Crippen molar-refractivity contribution in [3.05, 3.63) is 188 Å². The molecule has 0 aliphatic heterocycles. The molecule has 0 radical (unpaired) electrons. The maximum atomic E-state index is 6.46. The zero-order valence-corrected chi connectivity index (χ0v) is 31.9. The van der Waals surface area contributed by atoms with Crippen molar-refractivity contribution < 1.29 is 4.42 Å². The van der Waals surface area contributed by atoms with Crippen LogP contribution in [-0.4, -0.2) is 15.0 Å². The Kier molecular flexibility index (Phi) is 7.37. The topological polar surface area (TPSA) is 51.8 Å². The Labute approximate surface area is 337 Å². The molecule has 270 valence electrons. The monoisotopic (exact) mass is 757 g/mol. The van der Waals surface area contributed by atoms with Crippen molar-refractivity contribution in [2.75, 3.05) is 0 Å². The zero-order chi connectivity index (χ0) is 38.2. The molecule has 0 atom stereocenters. The first-order chi connectivity index (χ1) is 28.7. The molecule has 4 aromatic heterocycles. The van der Waals surface area contributed by atoms with Gasteiger partial charge in [-0.1, -0.05) is 158 Å². The van der Waals surface area contributed by atoms with Crippen LogP contribution in [0.25, 0.3) is 120 Å². The average molecular weight is 758 g/mol. The van der Waals surface area contributed by atoms with Gasteiger partial charge in [0.15, 0.2) is 5.82 Å². The van der Waals surface area contributed by atoms with E-state index in [0.29, 0.717) is 5.82 Å². The number of aromatic nitrogens is 3. The standard InChI is InChI=1S/C53H31N3OS/c1-3-13-34(14-4-1)50-41-29-30-47-49(48(41)39-18-7-9-23-43(39)54-50)42-22-11-19-36(52(42)58-47)32-25-27-33(28-26-32)44-31-45(56-53(55-44)35-15-5-2-6-16-35)40-21-12-20-38-37-17-8-10-24-46(37)57-51(38)40/h1-31H. The fourth-order valence-corrected chi connectivity index (χ4v) is 9.84. The van der Waals surface area contributed by atoms with Crippen molar-refractivity contribution in [1.82, 2.24) is 15.0 Å². The molecule has 0 saturated carbocycles. The summed E-state index contributed by atoms with van der Waals surface area (Å²) in [6.07, 6.45) is 0. The van der Waals surface area contributed by atoms with E-state index < -0.39 is 0 Å². The number of rotatable bonds is 5. The van der Waals surface area contributed by atoms with Gasteiger partial charge in [0.25, 0.3) is 0 Å². The summed E-state index contributed by atoms with van der Waals surface area (Å²) in [5, 5.41) is 8.31. The first kappa shape index (κ1) is 32.7. The molecular formula is C53H31N3OS. The Bertz CT molecular complexity index is 3550. The van der Waals surface area contributed by atoms with Gasteiger partial charge in [0.05, 0.1) is 22.6 Å². The van der Waals surface area contributed by atoms with E-state index in [4.69, 9.17) is 19.4 Å². The van der Waals surface area contributed by atoms with E-state index in [1.165, 1.54) is 41.9 Å². The summed E-state index contributed by atoms with van der Waals surface area (Å²) in [4.78, 5) is 15.5. The lowest BCUT2D eigenvalue weighted by molar-refractivity contribution is 0.670. The molecule has 0 N–H and O–H groups in total. The highest BCUT2D eigenvalue weighted by atomic mass is 32.1. The van der Waals surface area contributed by atoms with Gasteiger partial charge in [-0.15, -0.1) is 11.3 Å². The van der Waals surface area contributed by atoms with Crippen LogP contribution >= 0.6 is 11.3 Å². The molecule has 0 fully saturated rings. The lowest BCUT2D eigenvalue weighted by Crippen LogP contribution is -1.96. The molecule has 8 aromatic carbocycles. The number of benzene rings is 8. The van der Waals surface area contributed by atoms with Crippen LogP contribution in [0.3, 0.4) is 0 Å². The summed E-state index contributed by atoms with van der Waals surface area (Å²) in [7, 11) is 0. The van der Waals surface area contributed by atoms with Gasteiger partial charge in [-0.05, 0) is 41.5 Å². The second kappa shape index (κ2) is 13.1. The summed E-state index contributed by atoms with van der Waals surface area (Å²) in [6, 6.07) is 65.9. The highest BCUT2D eigenvalue weighted by Crippen LogP contribution is 2.46. The highest BCUT2D eigenvalue weighted by molar-refractivity contribution is 7.26. The summed E-state index contributed by atoms with van der Waals surface area (Å²) < 4.78 is 9.00. The molecule has 12 aromatic rings. The Morgan fingerprint density at radius 3 is 1.88 bits per heavy atom. The largest absolute Gasteiger partial charge is 0.455 e. The minimum absolute atomic E-state index is 0.672. The van der Waals surface area contributed by atoms with Crippen LogP contribution in [-0.2, 0) is 0 Å². The van der Waals surface area contributed by atoms with Crippen LogP contribution < -0.4 is 0 Å². The smallest absolute Gasteiger partial charge is 0.160 e. The highest BCUT2D eigenvalue weighted by Gasteiger charge is 2.19. The number of nitrogens with zero attached hydrogens (tertiary/aromatic N) is 3. The lowest BCUT2D eigenvalue weighted by Gasteiger charge is -2.12. The third-order valence-electron chi connectivity index (χ3n) is 11.3. The van der Waals surface area contributed by atoms with E-state index in [1.54, 1.807) is 0 Å². The second-order valence-electron chi connectivity index (χ2n) is 14.7. The molecule has 4 nitrogen and oxygen atoms in total. The third kappa shape index (κ3) is 5.18. The van der Waals surface area contributed by atoms with Gasteiger partial charge >= 0.3 is 0 Å². The van der Waals surface area contributed by atoms with Gasteiger partial charge < -0.3 is 4.42 Å². The van der Waals surface area contributed by atoms with Gasteiger partial charge in [-0.2, -0.15) is 0 Å². The first-order valence-corrected chi connectivity index (χ1v) is 20.2. The van der Waals surface area contributed by atoms with Crippen molar-refractivity contribution >= 4 is 75.1 Å². The minimum atomic E-state index is 0.672. The number of furan rings is 1. The van der Waals surface area contributed by atoms with Crippen LogP contribution in [0.15, 0.2) is 192 Å². The number of para-hydroxylation sites is 3. The van der Waals surface area contributed by atoms with E-state index in [-0.39, 0.29) is 0 Å². The number of hydrogen-bond acceptors (Lipinski definition) is 5. The predicted octanol–water partition coefficient (Wildman–Crippen LogP) is 14.8. The van der Waals surface area contributed by atoms with Crippen molar-refractivity contribution in [1.29, 1.82) is 0 Å². The number of thiophene rings is 1. The SMILES string of the molecule is c1ccc(-c2nc(-c3ccc(-c4cccc5c4sc4ccc6c(-c7ccccc7)nc7ccccc7c6c45)cc3)cc(-c3cccc4c3oc3ccccc34)n2)cc1. The summed E-state index contributed by atoms with van der Waals surface area (Å²) in [5.41, 5.74) is 11.8. The quantitative estimate of drug-likeness (QED) is 0.164. The fraction of sp³-hybridized carbons (Fsp3) is 0. The van der Waals surface area contributed by atoms with E-state index in [9.17, 15) is 0 Å². The van der Waals surface area contributed by atoms with Crippen LogP contribution in [0.5, 0.6) is 0 Å². The number of hydrogen-bond donors (Lipinski definition) is 0. The van der Waals surface area contributed by atoms with Gasteiger partial charge in [0, 0.05) is 69.4 Å². The Morgan fingerprint density at radius 2 is 1.05 bits per heavy atom. The molecule has 0 aliphatic rings. The molecule has 5 heteroatoms. The zero-order valence-electron chi connectivity index (χ0n) is 31.1. The van der Waals surface area contributed by atoms with Crippen LogP contribution in [0.2, 0.25) is 0 Å². The van der Waals surface area contributed by atoms with Gasteiger partial charge in [0.1, 0.15) is 11.2 Å². The minimum Gasteiger partial charge on any atom is -0.455 e. The second-order valence-corrected chi connectivity index (χ2v) is 15.7. The summed E-state index contributed by atoms with van der Waals surface area (Å²) in [5.74, 6) is 0.672. The number of pyridine rings is 1. The fourth-order valence-electron chi connectivity index (χ4n) is 8.59. The molecule has 4 heterocycles. The van der Waals surface area contributed by atoms with E-state index in [2.05, 4.69) is 152 Å². The molecule has 0 saturated heterocycles. The van der Waals surface area contributed by atoms with Gasteiger partial charge in [0.2, 0.25) is 0 Å². The van der Waals surface area contributed by atoms with E-state index >= 15 is 0 Å². The normalized spacial score (nSPS) is 11.8. The van der Waals surface area contributed by atoms with Gasteiger partial charge in [-0.25, -0.2) is 15.0 Å². The first-order valence-electron chi connectivity index (χ1n) is 19.4. The van der Waals surface area contributed by atoms with Crippen LogP contribution in [0, 0.1) is 0 Å². The summed E-state index contributed by atoms with van der Waals surface area (Å²) >= 11 is 1.86. The van der Waals surface area contributed by atoms with Crippen molar-refractivity contribution in [2.45, 2.75) is 0 Å². The van der Waals surface area contributed by atoms with Crippen molar-refractivity contribution in [3.63, 3.8) is 0 Å². The average Bonchev–Trinajstić information content (AvgIpc) is 3.88. The maximum Gasteiger partial charge on any atom is 0.160 e. The third-order valence-corrected chi connectivity index (χ3v) is 12.5. The Hall–Kier alpha value is -7.47. The molecule has 0 aliphatic carbocycles. The van der Waals surface area contributed by atoms with Crippen LogP contribution in [0.1, 0.15) is 0 Å². The summed E-state index contributed by atoms with van der Waals surface area (Å²) in [6.45, 7) is 0. The molecule has 58 heavy (non-hydrogen) atoms. The maximum absolute atomic E-state index is 6.46. The molecule has 0 unspecified atom stereocenters. The predicted molar refractivity (Wildman–Crippen MR) is 242 cm³/mol. The molecule has 0 spiro atoms. The van der Waals surface area contributed by atoms with Crippen molar-refractivity contribution in [2.24, 2.45) is 0 Å². The van der Waals surface area contributed by atoms with Crippen LogP contribution in [0.4, 0.5) is 0 Å². The lowest BCUT2D eigenvalue weighted by atomic mass is 9.95. The van der Waals surface area contributed by atoms with Gasteiger partial charge in [-0.3, -0.25) is 0 Å². The molecular weight excluding hydrogens is 727 g/mol. The Morgan fingerprint density at radius 1 is 0.397 bits per heavy atom. The van der Waals surface area contributed by atoms with E-state index in [1.807, 2.05) is 47.7 Å². The molecule has 12 rings (SSSR count). The van der Waals surface area contributed by atoms with Crippen molar-refractivity contribution in [3.8, 4) is 56.3 Å². The number of fused-ring (bicyclic) bond motifs is 10.